The highest BCUT2D eigenvalue weighted by atomic mass is 32.1. The van der Waals surface area contributed by atoms with Crippen LogP contribution in [0.3, 0.4) is 0 Å². The lowest BCUT2D eigenvalue weighted by Gasteiger charge is -2.03. The summed E-state index contributed by atoms with van der Waals surface area (Å²) in [6, 6.07) is 9.85. The van der Waals surface area contributed by atoms with Gasteiger partial charge in [-0.15, -0.1) is 11.3 Å². The van der Waals surface area contributed by atoms with E-state index in [-0.39, 0.29) is 11.3 Å². The maximum absolute atomic E-state index is 12.2. The maximum Gasteiger partial charge on any atom is 0.301 e. The van der Waals surface area contributed by atoms with Crippen LogP contribution in [0.4, 0.5) is 0 Å². The largest absolute Gasteiger partial charge is 0.490 e. The lowest BCUT2D eigenvalue weighted by Crippen LogP contribution is -2.16. The van der Waals surface area contributed by atoms with Crippen LogP contribution in [0.5, 0.6) is 5.75 Å². The third-order valence-corrected chi connectivity index (χ3v) is 3.65. The second-order valence-corrected chi connectivity index (χ2v) is 5.01. The number of benzene rings is 1. The number of thiazole rings is 1. The Balaban J connectivity index is 2.11. The van der Waals surface area contributed by atoms with Crippen LogP contribution in [0.2, 0.25) is 0 Å². The molecule has 0 fully saturated rings. The molecule has 3 rings (SSSR count). The van der Waals surface area contributed by atoms with E-state index in [2.05, 4.69) is 4.98 Å². The van der Waals surface area contributed by atoms with Gasteiger partial charge in [0.1, 0.15) is 5.69 Å². The van der Waals surface area contributed by atoms with E-state index in [1.54, 1.807) is 12.3 Å². The Hall–Kier alpha value is -2.40. The average molecular weight is 284 g/mol. The van der Waals surface area contributed by atoms with Crippen LogP contribution in [0.25, 0.3) is 17.1 Å². The number of methoxy groups -OCH3 is 1. The van der Waals surface area contributed by atoms with Gasteiger partial charge >= 0.3 is 5.56 Å². The number of hydrogen-bond acceptors (Lipinski definition) is 4. The van der Waals surface area contributed by atoms with Gasteiger partial charge in [0, 0.05) is 11.6 Å². The van der Waals surface area contributed by atoms with Crippen LogP contribution in [0.15, 0.2) is 46.7 Å². The number of nitrogens with zero attached hydrogens (tertiary/aromatic N) is 2. The van der Waals surface area contributed by atoms with E-state index < -0.39 is 0 Å². The summed E-state index contributed by atoms with van der Waals surface area (Å²) in [5.41, 5.74) is 1.40. The van der Waals surface area contributed by atoms with Crippen molar-refractivity contribution < 1.29 is 4.74 Å². The maximum atomic E-state index is 12.2. The average Bonchev–Trinajstić information content (AvgIpc) is 2.95. The third kappa shape index (κ3) is 2.23. The zero-order valence-electron chi connectivity index (χ0n) is 10.8. The van der Waals surface area contributed by atoms with E-state index in [0.29, 0.717) is 10.7 Å². The summed E-state index contributed by atoms with van der Waals surface area (Å²) in [6.07, 6.45) is 5.41. The first-order valence-electron chi connectivity index (χ1n) is 6.06. The molecule has 2 heterocycles. The van der Waals surface area contributed by atoms with Crippen molar-refractivity contribution in [3.05, 3.63) is 63.5 Å². The lowest BCUT2D eigenvalue weighted by molar-refractivity contribution is 0.404. The molecule has 0 saturated heterocycles. The first kappa shape index (κ1) is 12.6. The van der Waals surface area contributed by atoms with E-state index in [4.69, 9.17) is 4.74 Å². The van der Waals surface area contributed by atoms with Crippen LogP contribution >= 0.6 is 11.3 Å². The number of ether oxygens (including phenoxy) is 1. The van der Waals surface area contributed by atoms with Crippen LogP contribution in [0.1, 0.15) is 11.3 Å². The Morgan fingerprint density at radius 1 is 1.25 bits per heavy atom. The minimum absolute atomic E-state index is 0.188. The quantitative estimate of drug-likeness (QED) is 0.742. The van der Waals surface area contributed by atoms with Gasteiger partial charge < -0.3 is 4.74 Å². The van der Waals surface area contributed by atoms with Crippen LogP contribution in [0, 0.1) is 0 Å². The van der Waals surface area contributed by atoms with Crippen molar-refractivity contribution in [2.24, 2.45) is 0 Å². The lowest BCUT2D eigenvalue weighted by atomic mass is 10.2. The van der Waals surface area contributed by atoms with Gasteiger partial charge in [0.25, 0.3) is 0 Å². The summed E-state index contributed by atoms with van der Waals surface area (Å²) in [5.74, 6) is 0.257. The fourth-order valence-corrected chi connectivity index (χ4v) is 2.64. The molecule has 5 heteroatoms. The van der Waals surface area contributed by atoms with Crippen molar-refractivity contribution in [1.29, 1.82) is 0 Å². The molecule has 3 aromatic rings. The zero-order valence-corrected chi connectivity index (χ0v) is 11.6. The molecule has 100 valence electrons. The van der Waals surface area contributed by atoms with Gasteiger partial charge in [0.05, 0.1) is 7.11 Å². The monoisotopic (exact) mass is 284 g/mol. The molecule has 0 bridgehead atoms. The molecule has 4 nitrogen and oxygen atoms in total. The van der Waals surface area contributed by atoms with Gasteiger partial charge in [-0.1, -0.05) is 36.4 Å². The topological polar surface area (TPSA) is 43.6 Å². The Morgan fingerprint density at radius 3 is 2.80 bits per heavy atom. The number of fused-ring (bicyclic) bond motifs is 1. The number of hydrogen-bond donors (Lipinski definition) is 0. The second-order valence-electron chi connectivity index (χ2n) is 4.14. The highest BCUT2D eigenvalue weighted by Gasteiger charge is 2.11. The van der Waals surface area contributed by atoms with E-state index in [0.717, 1.165) is 5.56 Å². The highest BCUT2D eigenvalue weighted by molar-refractivity contribution is 7.15. The molecule has 0 aliphatic rings. The molecule has 20 heavy (non-hydrogen) atoms. The van der Waals surface area contributed by atoms with Crippen molar-refractivity contribution in [3.63, 3.8) is 0 Å². The Morgan fingerprint density at radius 2 is 2.05 bits per heavy atom. The summed E-state index contributed by atoms with van der Waals surface area (Å²) >= 11 is 1.42. The van der Waals surface area contributed by atoms with Crippen molar-refractivity contribution in [1.82, 2.24) is 9.38 Å². The predicted octanol–water partition coefficient (Wildman–Crippen LogP) is 2.94. The van der Waals surface area contributed by atoms with Crippen LogP contribution < -0.4 is 10.3 Å². The van der Waals surface area contributed by atoms with Gasteiger partial charge in [-0.25, -0.2) is 4.98 Å². The normalized spacial score (nSPS) is 11.2. The SMILES string of the molecule is COc1c(/C=C/c2ccccc2)nc2sccn2c1=O. The highest BCUT2D eigenvalue weighted by Crippen LogP contribution is 2.17. The third-order valence-electron chi connectivity index (χ3n) is 2.89. The predicted molar refractivity (Wildman–Crippen MR) is 81.3 cm³/mol. The zero-order chi connectivity index (χ0) is 13.9. The summed E-state index contributed by atoms with van der Waals surface area (Å²) in [4.78, 5) is 17.3. The molecule has 0 amide bonds. The van der Waals surface area contributed by atoms with Gasteiger partial charge in [-0.05, 0) is 11.6 Å². The van der Waals surface area contributed by atoms with Gasteiger partial charge in [0.15, 0.2) is 4.96 Å². The molecule has 0 radical (unpaired) electrons. The Bertz CT molecular complexity index is 819. The molecular weight excluding hydrogens is 272 g/mol. The molecule has 0 aliphatic carbocycles. The van der Waals surface area contributed by atoms with E-state index in [1.165, 1.54) is 22.8 Å². The van der Waals surface area contributed by atoms with E-state index >= 15 is 0 Å². The van der Waals surface area contributed by atoms with Crippen LogP contribution in [-0.2, 0) is 0 Å². The summed E-state index contributed by atoms with van der Waals surface area (Å²) in [5, 5.41) is 1.83. The van der Waals surface area contributed by atoms with E-state index in [1.807, 2.05) is 41.8 Å². The van der Waals surface area contributed by atoms with Gasteiger partial charge in [-0.2, -0.15) is 0 Å². The second kappa shape index (κ2) is 5.30. The molecule has 0 spiro atoms. The van der Waals surface area contributed by atoms with Crippen molar-refractivity contribution in [3.8, 4) is 5.75 Å². The summed E-state index contributed by atoms with van der Waals surface area (Å²) in [6.45, 7) is 0. The van der Waals surface area contributed by atoms with Crippen LogP contribution in [-0.4, -0.2) is 16.5 Å². The molecule has 0 N–H and O–H groups in total. The fraction of sp³-hybridized carbons (Fsp3) is 0.0667. The molecule has 0 atom stereocenters. The molecule has 0 unspecified atom stereocenters. The fourth-order valence-electron chi connectivity index (χ4n) is 1.92. The molecular formula is C15H12N2O2S. The summed E-state index contributed by atoms with van der Waals surface area (Å²) in [7, 11) is 1.48. The van der Waals surface area contributed by atoms with Crippen molar-refractivity contribution in [2.45, 2.75) is 0 Å². The van der Waals surface area contributed by atoms with Crippen molar-refractivity contribution in [2.75, 3.05) is 7.11 Å². The summed E-state index contributed by atoms with van der Waals surface area (Å²) < 4.78 is 6.69. The van der Waals surface area contributed by atoms with Gasteiger partial charge in [-0.3, -0.25) is 9.20 Å². The molecule has 0 aliphatic heterocycles. The van der Waals surface area contributed by atoms with Gasteiger partial charge in [0.2, 0.25) is 5.75 Å². The number of rotatable bonds is 3. The standard InChI is InChI=1S/C15H12N2O2S/c1-19-13-12(8-7-11-5-3-2-4-6-11)16-15-17(14(13)18)9-10-20-15/h2-10H,1H3/b8-7+. The molecule has 2 aromatic heterocycles. The smallest absolute Gasteiger partial charge is 0.301 e. The Labute approximate surface area is 119 Å². The minimum Gasteiger partial charge on any atom is -0.490 e. The number of aromatic nitrogens is 2. The molecule has 1 aromatic carbocycles. The molecule has 0 saturated carbocycles. The first-order valence-corrected chi connectivity index (χ1v) is 6.94. The minimum atomic E-state index is -0.188. The van der Waals surface area contributed by atoms with Crippen molar-refractivity contribution >= 4 is 28.4 Å². The Kier molecular flexibility index (Phi) is 3.35. The van der Waals surface area contributed by atoms with E-state index in [9.17, 15) is 4.79 Å². The first-order chi connectivity index (χ1) is 9.79.